The van der Waals surface area contributed by atoms with E-state index in [2.05, 4.69) is 10.4 Å². The molecule has 6 nitrogen and oxygen atoms in total. The molecule has 0 aliphatic rings. The normalized spacial score (nSPS) is 10.5. The molecule has 144 valence electrons. The zero-order valence-corrected chi connectivity index (χ0v) is 16.3. The number of benzene rings is 2. The zero-order chi connectivity index (χ0) is 19.8. The van der Waals surface area contributed by atoms with E-state index in [9.17, 15) is 9.59 Å². The van der Waals surface area contributed by atoms with Crippen LogP contribution in [-0.4, -0.2) is 34.5 Å². The van der Waals surface area contributed by atoms with Gasteiger partial charge in [-0.1, -0.05) is 18.2 Å². The smallest absolute Gasteiger partial charge is 0.306 e. The van der Waals surface area contributed by atoms with Gasteiger partial charge in [-0.3, -0.25) is 9.59 Å². The lowest BCUT2D eigenvalue weighted by Gasteiger charge is -2.07. The molecule has 1 aromatic heterocycles. The standard InChI is InChI=1S/C21H21N3O3S/c1-28-19-10-8-17(9-11-19)23-20(25)15-27-21(26)12-7-16-13-22-24(14-16)18-5-3-2-4-6-18/h2-6,8-11,13-14H,7,12,15H2,1H3,(H,23,25). The minimum atomic E-state index is -0.416. The highest BCUT2D eigenvalue weighted by Gasteiger charge is 2.09. The van der Waals surface area contributed by atoms with E-state index >= 15 is 0 Å². The van der Waals surface area contributed by atoms with E-state index < -0.39 is 5.97 Å². The lowest BCUT2D eigenvalue weighted by molar-refractivity contribution is -0.147. The van der Waals surface area contributed by atoms with Crippen molar-refractivity contribution in [3.63, 3.8) is 0 Å². The summed E-state index contributed by atoms with van der Waals surface area (Å²) in [5, 5.41) is 7.00. The quantitative estimate of drug-likeness (QED) is 0.465. The van der Waals surface area contributed by atoms with Gasteiger partial charge in [0.15, 0.2) is 6.61 Å². The average Bonchev–Trinajstić information content (AvgIpc) is 3.21. The SMILES string of the molecule is CSc1ccc(NC(=O)COC(=O)CCc2cnn(-c3ccccc3)c2)cc1. The number of carbonyl (C=O) groups is 2. The van der Waals surface area contributed by atoms with E-state index in [1.807, 2.05) is 67.0 Å². The summed E-state index contributed by atoms with van der Waals surface area (Å²) in [6, 6.07) is 17.2. The predicted octanol–water partition coefficient (Wildman–Crippen LogP) is 3.71. The highest BCUT2D eigenvalue weighted by molar-refractivity contribution is 7.98. The minimum Gasteiger partial charge on any atom is -0.456 e. The lowest BCUT2D eigenvalue weighted by Crippen LogP contribution is -2.21. The number of rotatable bonds is 8. The number of nitrogens with zero attached hydrogens (tertiary/aromatic N) is 2. The summed E-state index contributed by atoms with van der Waals surface area (Å²) in [5.41, 5.74) is 2.56. The Kier molecular flexibility index (Phi) is 6.86. The van der Waals surface area contributed by atoms with Gasteiger partial charge in [-0.05, 0) is 54.6 Å². The van der Waals surface area contributed by atoms with Gasteiger partial charge in [0.2, 0.25) is 0 Å². The number of amides is 1. The summed E-state index contributed by atoms with van der Waals surface area (Å²) in [6.45, 7) is -0.299. The topological polar surface area (TPSA) is 73.2 Å². The van der Waals surface area contributed by atoms with E-state index in [4.69, 9.17) is 4.74 Å². The molecule has 3 rings (SSSR count). The van der Waals surface area contributed by atoms with Gasteiger partial charge in [-0.2, -0.15) is 5.10 Å². The number of para-hydroxylation sites is 1. The second kappa shape index (κ2) is 9.75. The Morgan fingerprint density at radius 3 is 2.57 bits per heavy atom. The minimum absolute atomic E-state index is 0.191. The molecule has 0 radical (unpaired) electrons. The summed E-state index contributed by atoms with van der Waals surface area (Å²) in [7, 11) is 0. The van der Waals surface area contributed by atoms with Crippen LogP contribution < -0.4 is 5.32 Å². The molecule has 28 heavy (non-hydrogen) atoms. The number of ether oxygens (including phenoxy) is 1. The Balaban J connectivity index is 1.40. The van der Waals surface area contributed by atoms with E-state index in [-0.39, 0.29) is 18.9 Å². The van der Waals surface area contributed by atoms with Crippen LogP contribution in [0, 0.1) is 0 Å². The number of aryl methyl sites for hydroxylation is 1. The third-order valence-corrected chi connectivity index (χ3v) is 4.76. The summed E-state index contributed by atoms with van der Waals surface area (Å²) in [4.78, 5) is 24.9. The predicted molar refractivity (Wildman–Crippen MR) is 110 cm³/mol. The molecule has 2 aromatic carbocycles. The maximum absolute atomic E-state index is 11.9. The Bertz CT molecular complexity index is 924. The fraction of sp³-hybridized carbons (Fsp3) is 0.190. The third kappa shape index (κ3) is 5.72. The number of anilines is 1. The van der Waals surface area contributed by atoms with Crippen LogP contribution >= 0.6 is 11.8 Å². The zero-order valence-electron chi connectivity index (χ0n) is 15.5. The largest absolute Gasteiger partial charge is 0.456 e. The number of carbonyl (C=O) groups excluding carboxylic acids is 2. The number of hydrogen-bond acceptors (Lipinski definition) is 5. The molecule has 0 aliphatic carbocycles. The molecule has 1 amide bonds. The van der Waals surface area contributed by atoms with Crippen molar-refractivity contribution in [1.29, 1.82) is 0 Å². The Morgan fingerprint density at radius 2 is 1.86 bits per heavy atom. The third-order valence-electron chi connectivity index (χ3n) is 4.01. The van der Waals surface area contributed by atoms with Gasteiger partial charge in [0.1, 0.15) is 0 Å². The molecule has 0 atom stereocenters. The van der Waals surface area contributed by atoms with Crippen molar-refractivity contribution >= 4 is 29.3 Å². The molecule has 0 unspecified atom stereocenters. The van der Waals surface area contributed by atoms with E-state index in [1.165, 1.54) is 0 Å². The number of hydrogen-bond donors (Lipinski definition) is 1. The second-order valence-electron chi connectivity index (χ2n) is 6.07. The van der Waals surface area contributed by atoms with Crippen LogP contribution in [0.5, 0.6) is 0 Å². The maximum atomic E-state index is 11.9. The Labute approximate surface area is 167 Å². The van der Waals surface area contributed by atoms with Gasteiger partial charge in [-0.25, -0.2) is 4.68 Å². The van der Waals surface area contributed by atoms with Crippen molar-refractivity contribution in [2.24, 2.45) is 0 Å². The van der Waals surface area contributed by atoms with Crippen molar-refractivity contribution in [1.82, 2.24) is 9.78 Å². The molecule has 1 heterocycles. The number of esters is 1. The van der Waals surface area contributed by atoms with Crippen LogP contribution in [-0.2, 0) is 20.7 Å². The summed E-state index contributed by atoms with van der Waals surface area (Å²) >= 11 is 1.63. The summed E-state index contributed by atoms with van der Waals surface area (Å²) in [6.07, 6.45) is 6.29. The molecular weight excluding hydrogens is 374 g/mol. The molecule has 0 aliphatic heterocycles. The fourth-order valence-electron chi connectivity index (χ4n) is 2.55. The first-order chi connectivity index (χ1) is 13.6. The lowest BCUT2D eigenvalue weighted by atomic mass is 10.2. The molecule has 0 saturated heterocycles. The van der Waals surface area contributed by atoms with Gasteiger partial charge in [0.05, 0.1) is 11.9 Å². The van der Waals surface area contributed by atoms with Crippen molar-refractivity contribution in [3.05, 3.63) is 72.6 Å². The van der Waals surface area contributed by atoms with Crippen molar-refractivity contribution in [2.75, 3.05) is 18.2 Å². The van der Waals surface area contributed by atoms with Gasteiger partial charge < -0.3 is 10.1 Å². The average molecular weight is 395 g/mol. The van der Waals surface area contributed by atoms with Gasteiger partial charge >= 0.3 is 5.97 Å². The van der Waals surface area contributed by atoms with Crippen LogP contribution in [0.1, 0.15) is 12.0 Å². The van der Waals surface area contributed by atoms with Gasteiger partial charge in [0.25, 0.3) is 5.91 Å². The first kappa shape index (κ1) is 19.7. The van der Waals surface area contributed by atoms with Crippen LogP contribution in [0.15, 0.2) is 71.9 Å². The van der Waals surface area contributed by atoms with Crippen LogP contribution in [0.2, 0.25) is 0 Å². The molecule has 0 fully saturated rings. The van der Waals surface area contributed by atoms with Crippen molar-refractivity contribution < 1.29 is 14.3 Å². The molecule has 1 N–H and O–H groups in total. The maximum Gasteiger partial charge on any atom is 0.306 e. The van der Waals surface area contributed by atoms with Crippen LogP contribution in [0.25, 0.3) is 5.69 Å². The van der Waals surface area contributed by atoms with E-state index in [0.29, 0.717) is 12.1 Å². The monoisotopic (exact) mass is 395 g/mol. The highest BCUT2D eigenvalue weighted by Crippen LogP contribution is 2.17. The first-order valence-corrected chi connectivity index (χ1v) is 10.0. The van der Waals surface area contributed by atoms with Crippen molar-refractivity contribution in [2.45, 2.75) is 17.7 Å². The molecule has 0 spiro atoms. The Morgan fingerprint density at radius 1 is 1.11 bits per heavy atom. The molecule has 7 heteroatoms. The van der Waals surface area contributed by atoms with Crippen LogP contribution in [0.4, 0.5) is 5.69 Å². The van der Waals surface area contributed by atoms with Crippen LogP contribution in [0.3, 0.4) is 0 Å². The van der Waals surface area contributed by atoms with Crippen molar-refractivity contribution in [3.8, 4) is 5.69 Å². The first-order valence-electron chi connectivity index (χ1n) is 8.82. The molecule has 3 aromatic rings. The molecule has 0 bridgehead atoms. The second-order valence-corrected chi connectivity index (χ2v) is 6.95. The highest BCUT2D eigenvalue weighted by atomic mass is 32.2. The summed E-state index contributed by atoms with van der Waals surface area (Å²) < 4.78 is 6.81. The molecule has 0 saturated carbocycles. The Hall–Kier alpha value is -3.06. The van der Waals surface area contributed by atoms with Gasteiger partial charge in [-0.15, -0.1) is 11.8 Å². The van der Waals surface area contributed by atoms with Gasteiger partial charge in [0, 0.05) is 23.2 Å². The number of nitrogens with one attached hydrogen (secondary N) is 1. The summed E-state index contributed by atoms with van der Waals surface area (Å²) in [5.74, 6) is -0.775. The van der Waals surface area contributed by atoms with E-state index in [1.54, 1.807) is 22.6 Å². The molecular formula is C21H21N3O3S. The number of thioether (sulfide) groups is 1. The van der Waals surface area contributed by atoms with E-state index in [0.717, 1.165) is 16.1 Å². The fourth-order valence-corrected chi connectivity index (χ4v) is 2.96. The number of aromatic nitrogens is 2.